The van der Waals surface area contributed by atoms with Gasteiger partial charge in [-0.3, -0.25) is 0 Å². The van der Waals surface area contributed by atoms with Crippen LogP contribution >= 0.6 is 22.9 Å². The van der Waals surface area contributed by atoms with E-state index in [-0.39, 0.29) is 0 Å². The highest BCUT2D eigenvalue weighted by Crippen LogP contribution is 2.30. The van der Waals surface area contributed by atoms with E-state index in [1.54, 1.807) is 10.7 Å². The molecule has 74 valence electrons. The van der Waals surface area contributed by atoms with Crippen LogP contribution in [-0.2, 0) is 0 Å². The van der Waals surface area contributed by atoms with Crippen LogP contribution in [0.3, 0.4) is 0 Å². The summed E-state index contributed by atoms with van der Waals surface area (Å²) in [7, 11) is 0. The van der Waals surface area contributed by atoms with Gasteiger partial charge in [-0.2, -0.15) is 5.10 Å². The Kier molecular flexibility index (Phi) is 1.97. The maximum absolute atomic E-state index is 5.88. The molecule has 0 unspecified atom stereocenters. The summed E-state index contributed by atoms with van der Waals surface area (Å²) in [5.74, 6) is 0. The predicted octanol–water partition coefficient (Wildman–Crippen LogP) is 3.11. The van der Waals surface area contributed by atoms with Gasteiger partial charge in [-0.15, -0.1) is 11.3 Å². The second kappa shape index (κ2) is 3.32. The summed E-state index contributed by atoms with van der Waals surface area (Å²) in [4.78, 5) is 5.51. The molecule has 0 spiro atoms. The first-order valence-electron chi connectivity index (χ1n) is 4.39. The van der Waals surface area contributed by atoms with E-state index in [9.17, 15) is 0 Å². The second-order valence-electron chi connectivity index (χ2n) is 3.06. The van der Waals surface area contributed by atoms with Crippen molar-refractivity contribution in [1.29, 1.82) is 0 Å². The van der Waals surface area contributed by atoms with Crippen molar-refractivity contribution in [1.82, 2.24) is 14.6 Å². The van der Waals surface area contributed by atoms with E-state index in [1.807, 2.05) is 30.5 Å². The highest BCUT2D eigenvalue weighted by molar-refractivity contribution is 7.19. The second-order valence-corrected chi connectivity index (χ2v) is 4.77. The zero-order valence-electron chi connectivity index (χ0n) is 7.59. The first kappa shape index (κ1) is 8.88. The zero-order valence-corrected chi connectivity index (χ0v) is 9.16. The monoisotopic (exact) mass is 235 g/mol. The summed E-state index contributed by atoms with van der Waals surface area (Å²) in [6.45, 7) is 0. The molecule has 0 N–H and O–H groups in total. The molecular formula is C10H6ClN3S. The molecule has 0 aliphatic heterocycles. The molecule has 3 rings (SSSR count). The maximum Gasteiger partial charge on any atom is 0.154 e. The van der Waals surface area contributed by atoms with Crippen LogP contribution in [0.15, 0.2) is 36.7 Å². The first-order valence-corrected chi connectivity index (χ1v) is 5.58. The standard InChI is InChI=1S/C10H6ClN3S/c11-9-4-3-8(15-9)7-6-14-10(13-7)2-1-5-12-14/h1-6H. The molecule has 0 saturated carbocycles. The first-order chi connectivity index (χ1) is 7.33. The Morgan fingerprint density at radius 3 is 2.93 bits per heavy atom. The van der Waals surface area contributed by atoms with Crippen molar-refractivity contribution in [2.45, 2.75) is 0 Å². The zero-order chi connectivity index (χ0) is 10.3. The largest absolute Gasteiger partial charge is 0.226 e. The molecule has 3 aromatic heterocycles. The third kappa shape index (κ3) is 1.52. The van der Waals surface area contributed by atoms with E-state index in [0.29, 0.717) is 0 Å². The molecule has 0 aliphatic rings. The smallest absolute Gasteiger partial charge is 0.154 e. The van der Waals surface area contributed by atoms with Gasteiger partial charge < -0.3 is 0 Å². The number of rotatable bonds is 1. The fraction of sp³-hybridized carbons (Fsp3) is 0. The molecule has 3 heterocycles. The van der Waals surface area contributed by atoms with Gasteiger partial charge in [-0.25, -0.2) is 9.50 Å². The number of fused-ring (bicyclic) bond motifs is 1. The van der Waals surface area contributed by atoms with E-state index < -0.39 is 0 Å². The molecule has 0 radical (unpaired) electrons. The third-order valence-corrected chi connectivity index (χ3v) is 3.32. The Morgan fingerprint density at radius 2 is 2.20 bits per heavy atom. The fourth-order valence-electron chi connectivity index (χ4n) is 1.40. The highest BCUT2D eigenvalue weighted by atomic mass is 35.5. The average Bonchev–Trinajstić information content (AvgIpc) is 2.82. The molecule has 15 heavy (non-hydrogen) atoms. The highest BCUT2D eigenvalue weighted by Gasteiger charge is 2.06. The van der Waals surface area contributed by atoms with Gasteiger partial charge in [0.15, 0.2) is 5.65 Å². The van der Waals surface area contributed by atoms with Crippen LogP contribution in [0, 0.1) is 0 Å². The van der Waals surface area contributed by atoms with Crippen LogP contribution in [0.2, 0.25) is 4.34 Å². The Balaban J connectivity index is 2.19. The van der Waals surface area contributed by atoms with Crippen LogP contribution in [0.4, 0.5) is 0 Å². The maximum atomic E-state index is 5.88. The molecule has 0 aromatic carbocycles. The molecule has 5 heteroatoms. The number of nitrogens with zero attached hydrogens (tertiary/aromatic N) is 3. The Labute approximate surface area is 95.0 Å². The molecule has 0 atom stereocenters. The number of hydrogen-bond donors (Lipinski definition) is 0. The molecule has 0 aliphatic carbocycles. The SMILES string of the molecule is Clc1ccc(-c2cn3ncccc3n2)s1. The summed E-state index contributed by atoms with van der Waals surface area (Å²) in [6, 6.07) is 7.63. The van der Waals surface area contributed by atoms with E-state index in [0.717, 1.165) is 20.6 Å². The van der Waals surface area contributed by atoms with E-state index in [1.165, 1.54) is 11.3 Å². The lowest BCUT2D eigenvalue weighted by molar-refractivity contribution is 0.936. The van der Waals surface area contributed by atoms with Crippen LogP contribution < -0.4 is 0 Å². The van der Waals surface area contributed by atoms with Gasteiger partial charge in [-0.1, -0.05) is 11.6 Å². The lowest BCUT2D eigenvalue weighted by Crippen LogP contribution is -1.85. The molecule has 0 fully saturated rings. The van der Waals surface area contributed by atoms with E-state index >= 15 is 0 Å². The summed E-state index contributed by atoms with van der Waals surface area (Å²) in [5.41, 5.74) is 1.75. The van der Waals surface area contributed by atoms with Crippen molar-refractivity contribution in [3.63, 3.8) is 0 Å². The van der Waals surface area contributed by atoms with Gasteiger partial charge in [0.1, 0.15) is 5.69 Å². The molecule has 0 saturated heterocycles. The number of aromatic nitrogens is 3. The van der Waals surface area contributed by atoms with Gasteiger partial charge in [0.05, 0.1) is 15.4 Å². The lowest BCUT2D eigenvalue weighted by atomic mass is 10.4. The number of hydrogen-bond acceptors (Lipinski definition) is 3. The summed E-state index contributed by atoms with van der Waals surface area (Å²) >= 11 is 7.40. The van der Waals surface area contributed by atoms with Crippen molar-refractivity contribution >= 4 is 28.6 Å². The van der Waals surface area contributed by atoms with Crippen LogP contribution in [0.5, 0.6) is 0 Å². The minimum Gasteiger partial charge on any atom is -0.226 e. The Bertz CT molecular complexity index is 581. The third-order valence-electron chi connectivity index (χ3n) is 2.06. The molecule has 3 nitrogen and oxygen atoms in total. The number of halogens is 1. The van der Waals surface area contributed by atoms with Gasteiger partial charge in [0, 0.05) is 6.20 Å². The van der Waals surface area contributed by atoms with E-state index in [2.05, 4.69) is 10.1 Å². The van der Waals surface area contributed by atoms with E-state index in [4.69, 9.17) is 11.6 Å². The fourth-order valence-corrected chi connectivity index (χ4v) is 2.40. The molecular weight excluding hydrogens is 230 g/mol. The molecule has 0 amide bonds. The van der Waals surface area contributed by atoms with Crippen molar-refractivity contribution in [3.8, 4) is 10.6 Å². The van der Waals surface area contributed by atoms with Gasteiger partial charge in [0.25, 0.3) is 0 Å². The Morgan fingerprint density at radius 1 is 1.27 bits per heavy atom. The van der Waals surface area contributed by atoms with Crippen molar-refractivity contribution in [3.05, 3.63) is 41.0 Å². The summed E-state index contributed by atoms with van der Waals surface area (Å²) < 4.78 is 2.53. The van der Waals surface area contributed by atoms with Crippen LogP contribution in [0.25, 0.3) is 16.2 Å². The number of imidazole rings is 1. The topological polar surface area (TPSA) is 30.2 Å². The lowest BCUT2D eigenvalue weighted by Gasteiger charge is -1.85. The van der Waals surface area contributed by atoms with Gasteiger partial charge >= 0.3 is 0 Å². The van der Waals surface area contributed by atoms with Crippen LogP contribution in [0.1, 0.15) is 0 Å². The van der Waals surface area contributed by atoms with Gasteiger partial charge in [-0.05, 0) is 24.3 Å². The molecule has 3 aromatic rings. The average molecular weight is 236 g/mol. The summed E-state index contributed by atoms with van der Waals surface area (Å²) in [5, 5.41) is 4.16. The van der Waals surface area contributed by atoms with Crippen molar-refractivity contribution < 1.29 is 0 Å². The van der Waals surface area contributed by atoms with Gasteiger partial charge in [0.2, 0.25) is 0 Å². The minimum atomic E-state index is 0.773. The number of thiophene rings is 1. The van der Waals surface area contributed by atoms with Crippen molar-refractivity contribution in [2.75, 3.05) is 0 Å². The predicted molar refractivity (Wildman–Crippen MR) is 61.3 cm³/mol. The van der Waals surface area contributed by atoms with Crippen LogP contribution in [-0.4, -0.2) is 14.6 Å². The minimum absolute atomic E-state index is 0.773. The Hall–Kier alpha value is -1.39. The molecule has 0 bridgehead atoms. The normalized spacial score (nSPS) is 11.0. The van der Waals surface area contributed by atoms with Crippen molar-refractivity contribution in [2.24, 2.45) is 0 Å². The quantitative estimate of drug-likeness (QED) is 0.649. The summed E-state index contributed by atoms with van der Waals surface area (Å²) in [6.07, 6.45) is 3.64.